The van der Waals surface area contributed by atoms with E-state index in [1.807, 2.05) is 0 Å². The molecule has 0 saturated heterocycles. The standard InChI is InChI=1S/C9H6BrF3/c10-5-1-2-6-7(11)3-4-8(12)9(6)13/h1-4H,5H2. The first-order valence-corrected chi connectivity index (χ1v) is 4.65. The van der Waals surface area contributed by atoms with E-state index in [1.54, 1.807) is 0 Å². The third-order valence-electron chi connectivity index (χ3n) is 1.45. The number of hydrogen-bond acceptors (Lipinski definition) is 0. The van der Waals surface area contributed by atoms with E-state index in [-0.39, 0.29) is 5.56 Å². The third-order valence-corrected chi connectivity index (χ3v) is 1.83. The largest absolute Gasteiger partial charge is 0.206 e. The summed E-state index contributed by atoms with van der Waals surface area (Å²) in [7, 11) is 0. The normalized spacial score (nSPS) is 11.1. The fourth-order valence-corrected chi connectivity index (χ4v) is 1.04. The van der Waals surface area contributed by atoms with Gasteiger partial charge in [-0.2, -0.15) is 0 Å². The SMILES string of the molecule is Fc1ccc(F)c(C=CCBr)c1F. The second kappa shape index (κ2) is 4.46. The van der Waals surface area contributed by atoms with Crippen molar-refractivity contribution in [2.75, 3.05) is 5.33 Å². The molecule has 1 aromatic carbocycles. The quantitative estimate of drug-likeness (QED) is 0.557. The Bertz CT molecular complexity index is 334. The van der Waals surface area contributed by atoms with Crippen LogP contribution in [0.2, 0.25) is 0 Å². The van der Waals surface area contributed by atoms with Crippen LogP contribution in [0.3, 0.4) is 0 Å². The van der Waals surface area contributed by atoms with E-state index < -0.39 is 17.5 Å². The molecule has 0 atom stereocenters. The molecule has 0 aliphatic rings. The van der Waals surface area contributed by atoms with Crippen LogP contribution in [0.25, 0.3) is 6.08 Å². The zero-order valence-corrected chi connectivity index (χ0v) is 8.11. The maximum Gasteiger partial charge on any atom is 0.168 e. The van der Waals surface area contributed by atoms with Crippen molar-refractivity contribution in [3.8, 4) is 0 Å². The minimum Gasteiger partial charge on any atom is -0.206 e. The molecule has 0 amide bonds. The van der Waals surface area contributed by atoms with Gasteiger partial charge < -0.3 is 0 Å². The van der Waals surface area contributed by atoms with Crippen LogP contribution in [0.5, 0.6) is 0 Å². The van der Waals surface area contributed by atoms with Crippen molar-refractivity contribution in [3.63, 3.8) is 0 Å². The van der Waals surface area contributed by atoms with Crippen LogP contribution >= 0.6 is 15.9 Å². The molecule has 0 N–H and O–H groups in total. The molecule has 0 unspecified atom stereocenters. The van der Waals surface area contributed by atoms with Gasteiger partial charge in [0.1, 0.15) is 5.82 Å². The fraction of sp³-hybridized carbons (Fsp3) is 0.111. The van der Waals surface area contributed by atoms with Gasteiger partial charge >= 0.3 is 0 Å². The molecule has 1 rings (SSSR count). The maximum atomic E-state index is 12.9. The lowest BCUT2D eigenvalue weighted by atomic mass is 10.2. The van der Waals surface area contributed by atoms with Gasteiger partial charge in [0.15, 0.2) is 11.6 Å². The van der Waals surface area contributed by atoms with Crippen LogP contribution < -0.4 is 0 Å². The Morgan fingerprint density at radius 1 is 1.15 bits per heavy atom. The van der Waals surface area contributed by atoms with Crippen molar-refractivity contribution in [1.29, 1.82) is 0 Å². The topological polar surface area (TPSA) is 0 Å². The molecule has 1 aromatic rings. The van der Waals surface area contributed by atoms with Crippen LogP contribution in [0.1, 0.15) is 5.56 Å². The number of halogens is 4. The third kappa shape index (κ3) is 2.34. The van der Waals surface area contributed by atoms with E-state index in [2.05, 4.69) is 15.9 Å². The molecule has 0 nitrogen and oxygen atoms in total. The van der Waals surface area contributed by atoms with E-state index in [0.717, 1.165) is 12.1 Å². The van der Waals surface area contributed by atoms with Crippen LogP contribution in [-0.2, 0) is 0 Å². The summed E-state index contributed by atoms with van der Waals surface area (Å²) < 4.78 is 38.4. The van der Waals surface area contributed by atoms with Crippen LogP contribution in [0, 0.1) is 17.5 Å². The van der Waals surface area contributed by atoms with Crippen molar-refractivity contribution in [1.82, 2.24) is 0 Å². The summed E-state index contributed by atoms with van der Waals surface area (Å²) in [6.07, 6.45) is 2.68. The predicted molar refractivity (Wildman–Crippen MR) is 49.1 cm³/mol. The highest BCUT2D eigenvalue weighted by Gasteiger charge is 2.10. The van der Waals surface area contributed by atoms with Gasteiger partial charge in [-0.1, -0.05) is 28.1 Å². The van der Waals surface area contributed by atoms with Crippen LogP contribution in [-0.4, -0.2) is 5.33 Å². The highest BCUT2D eigenvalue weighted by molar-refractivity contribution is 9.09. The summed E-state index contributed by atoms with van der Waals surface area (Å²) in [5, 5.41) is 0.461. The number of allylic oxidation sites excluding steroid dienone is 1. The summed E-state index contributed by atoms with van der Waals surface area (Å²) in [5.41, 5.74) is -0.348. The van der Waals surface area contributed by atoms with Gasteiger partial charge in [-0.3, -0.25) is 0 Å². The van der Waals surface area contributed by atoms with Gasteiger partial charge in [-0.15, -0.1) is 0 Å². The van der Waals surface area contributed by atoms with Gasteiger partial charge in [0.05, 0.1) is 0 Å². The lowest BCUT2D eigenvalue weighted by Gasteiger charge is -1.99. The molecule has 0 aliphatic carbocycles. The zero-order chi connectivity index (χ0) is 9.84. The molecule has 0 radical (unpaired) electrons. The molecule has 13 heavy (non-hydrogen) atoms. The molecule has 0 bridgehead atoms. The van der Waals surface area contributed by atoms with E-state index >= 15 is 0 Å². The van der Waals surface area contributed by atoms with Gasteiger partial charge in [-0.25, -0.2) is 13.2 Å². The predicted octanol–water partition coefficient (Wildman–Crippen LogP) is 3.51. The summed E-state index contributed by atoms with van der Waals surface area (Å²) in [4.78, 5) is 0. The van der Waals surface area contributed by atoms with Crippen molar-refractivity contribution >= 4 is 22.0 Å². The van der Waals surface area contributed by atoms with Crippen molar-refractivity contribution in [3.05, 3.63) is 41.2 Å². The lowest BCUT2D eigenvalue weighted by molar-refractivity contribution is 0.492. The summed E-state index contributed by atoms with van der Waals surface area (Å²) in [6, 6.07) is 1.66. The molecule has 4 heteroatoms. The Morgan fingerprint density at radius 3 is 2.38 bits per heavy atom. The van der Waals surface area contributed by atoms with Gasteiger partial charge in [0.25, 0.3) is 0 Å². The summed E-state index contributed by atoms with van der Waals surface area (Å²) in [6.45, 7) is 0. The molecule has 0 fully saturated rings. The minimum absolute atomic E-state index is 0.348. The minimum atomic E-state index is -1.16. The molecule has 0 heterocycles. The molecular weight excluding hydrogens is 245 g/mol. The highest BCUT2D eigenvalue weighted by atomic mass is 79.9. The Morgan fingerprint density at radius 2 is 1.77 bits per heavy atom. The summed E-state index contributed by atoms with van der Waals surface area (Å²) >= 11 is 3.05. The van der Waals surface area contributed by atoms with Gasteiger partial charge in [0, 0.05) is 10.9 Å². The van der Waals surface area contributed by atoms with Crippen LogP contribution in [0.4, 0.5) is 13.2 Å². The number of rotatable bonds is 2. The average Bonchev–Trinajstić information content (AvgIpc) is 2.12. The van der Waals surface area contributed by atoms with E-state index in [1.165, 1.54) is 12.2 Å². The smallest absolute Gasteiger partial charge is 0.168 e. The summed E-state index contributed by atoms with van der Waals surface area (Å²) in [5.74, 6) is -2.97. The van der Waals surface area contributed by atoms with Crippen molar-refractivity contribution < 1.29 is 13.2 Å². The Labute approximate surface area is 82.2 Å². The Balaban J connectivity index is 3.17. The van der Waals surface area contributed by atoms with Gasteiger partial charge in [-0.05, 0) is 12.1 Å². The zero-order valence-electron chi connectivity index (χ0n) is 6.53. The van der Waals surface area contributed by atoms with Crippen LogP contribution in [0.15, 0.2) is 18.2 Å². The lowest BCUT2D eigenvalue weighted by Crippen LogP contribution is -1.92. The second-order valence-electron chi connectivity index (χ2n) is 2.31. The first-order valence-electron chi connectivity index (χ1n) is 3.53. The molecule has 0 spiro atoms. The first-order chi connectivity index (χ1) is 6.16. The number of hydrogen-bond donors (Lipinski definition) is 0. The fourth-order valence-electron chi connectivity index (χ4n) is 0.858. The van der Waals surface area contributed by atoms with E-state index in [0.29, 0.717) is 5.33 Å². The van der Waals surface area contributed by atoms with E-state index in [9.17, 15) is 13.2 Å². The molecular formula is C9H6BrF3. The monoisotopic (exact) mass is 250 g/mol. The molecule has 0 aliphatic heterocycles. The Hall–Kier alpha value is -0.770. The van der Waals surface area contributed by atoms with E-state index in [4.69, 9.17) is 0 Å². The Kier molecular flexibility index (Phi) is 3.54. The second-order valence-corrected chi connectivity index (χ2v) is 2.96. The first kappa shape index (κ1) is 10.3. The number of benzene rings is 1. The molecule has 70 valence electrons. The molecule has 0 saturated carbocycles. The van der Waals surface area contributed by atoms with Crippen molar-refractivity contribution in [2.45, 2.75) is 0 Å². The average molecular weight is 251 g/mol. The van der Waals surface area contributed by atoms with Gasteiger partial charge in [0.2, 0.25) is 0 Å². The van der Waals surface area contributed by atoms with Crippen molar-refractivity contribution in [2.24, 2.45) is 0 Å². The highest BCUT2D eigenvalue weighted by Crippen LogP contribution is 2.17. The molecule has 0 aromatic heterocycles. The maximum absolute atomic E-state index is 12.9. The number of alkyl halides is 1.